The number of hydrazine groups is 1. The maximum atomic E-state index is 13.3. The summed E-state index contributed by atoms with van der Waals surface area (Å²) in [6.07, 6.45) is 1.53. The second-order valence-corrected chi connectivity index (χ2v) is 7.52. The molecule has 1 heterocycles. The van der Waals surface area contributed by atoms with Crippen molar-refractivity contribution in [2.75, 3.05) is 0 Å². The van der Waals surface area contributed by atoms with Crippen molar-refractivity contribution in [3.8, 4) is 0 Å². The average Bonchev–Trinajstić information content (AvgIpc) is 2.83. The van der Waals surface area contributed by atoms with E-state index >= 15 is 0 Å². The van der Waals surface area contributed by atoms with Gasteiger partial charge in [0.15, 0.2) is 4.32 Å². The molecule has 2 amide bonds. The molecule has 8 heteroatoms. The first kappa shape index (κ1) is 17.8. The minimum absolute atomic E-state index is 0.202. The maximum Gasteiger partial charge on any atom is 0.285 e. The van der Waals surface area contributed by atoms with Gasteiger partial charge in [-0.2, -0.15) is 5.01 Å². The second kappa shape index (κ2) is 7.47. The Hall–Kier alpha value is -2.03. The number of hydrogen-bond donors (Lipinski definition) is 1. The fourth-order valence-electron chi connectivity index (χ4n) is 2.12. The molecule has 2 aromatic carbocycles. The van der Waals surface area contributed by atoms with E-state index in [4.69, 9.17) is 12.2 Å². The molecule has 25 heavy (non-hydrogen) atoms. The largest absolute Gasteiger partial charge is 0.285 e. The first-order chi connectivity index (χ1) is 12.0. The van der Waals surface area contributed by atoms with Crippen molar-refractivity contribution in [3.05, 3.63) is 74.9 Å². The molecule has 126 valence electrons. The molecule has 0 unspecified atom stereocenters. The summed E-state index contributed by atoms with van der Waals surface area (Å²) in [5.74, 6) is -1.32. The molecule has 0 aliphatic carbocycles. The number of benzene rings is 2. The van der Waals surface area contributed by atoms with Crippen molar-refractivity contribution in [2.45, 2.75) is 0 Å². The Kier molecular flexibility index (Phi) is 5.31. The van der Waals surface area contributed by atoms with Gasteiger partial charge < -0.3 is 0 Å². The SMILES string of the molecule is O=C(NN1C(=O)/C(=C/c2cccc(F)c2)SC1=S)c1ccccc1Br. The van der Waals surface area contributed by atoms with Crippen LogP contribution in [0.1, 0.15) is 15.9 Å². The van der Waals surface area contributed by atoms with E-state index in [9.17, 15) is 14.0 Å². The van der Waals surface area contributed by atoms with E-state index in [1.807, 2.05) is 0 Å². The van der Waals surface area contributed by atoms with Crippen LogP contribution in [0.5, 0.6) is 0 Å². The molecule has 0 saturated carbocycles. The summed E-state index contributed by atoms with van der Waals surface area (Å²) < 4.78 is 14.1. The molecule has 0 atom stereocenters. The lowest BCUT2D eigenvalue weighted by Crippen LogP contribution is -2.44. The summed E-state index contributed by atoms with van der Waals surface area (Å²) in [4.78, 5) is 25.1. The van der Waals surface area contributed by atoms with E-state index in [-0.39, 0.29) is 4.32 Å². The van der Waals surface area contributed by atoms with Gasteiger partial charge in [-0.3, -0.25) is 15.0 Å². The van der Waals surface area contributed by atoms with Crippen LogP contribution in [0.25, 0.3) is 6.08 Å². The molecule has 4 nitrogen and oxygen atoms in total. The van der Waals surface area contributed by atoms with Gasteiger partial charge in [-0.1, -0.05) is 36.0 Å². The van der Waals surface area contributed by atoms with Crippen LogP contribution in [-0.2, 0) is 4.79 Å². The number of hydrogen-bond acceptors (Lipinski definition) is 4. The molecule has 1 N–H and O–H groups in total. The van der Waals surface area contributed by atoms with Crippen molar-refractivity contribution in [1.82, 2.24) is 10.4 Å². The Morgan fingerprint density at radius 1 is 1.24 bits per heavy atom. The highest BCUT2D eigenvalue weighted by Crippen LogP contribution is 2.31. The minimum atomic E-state index is -0.462. The van der Waals surface area contributed by atoms with Crippen molar-refractivity contribution in [2.24, 2.45) is 0 Å². The highest BCUT2D eigenvalue weighted by atomic mass is 79.9. The standard InChI is InChI=1S/C17H10BrFN2O2S2/c18-13-7-2-1-6-12(13)15(22)20-21-16(23)14(25-17(21)24)9-10-4-3-5-11(19)8-10/h1-9H,(H,20,22)/b14-9-. The molecule has 3 rings (SSSR count). The number of nitrogens with zero attached hydrogens (tertiary/aromatic N) is 1. The van der Waals surface area contributed by atoms with Crippen LogP contribution in [0.15, 0.2) is 57.9 Å². The Bertz CT molecular complexity index is 917. The molecular weight excluding hydrogens is 427 g/mol. The number of carbonyl (C=O) groups excluding carboxylic acids is 2. The van der Waals surface area contributed by atoms with Gasteiger partial charge in [-0.25, -0.2) is 4.39 Å². The predicted molar refractivity (Wildman–Crippen MR) is 103 cm³/mol. The lowest BCUT2D eigenvalue weighted by molar-refractivity contribution is -0.123. The zero-order chi connectivity index (χ0) is 18.0. The molecule has 0 spiro atoms. The highest BCUT2D eigenvalue weighted by Gasteiger charge is 2.34. The third-order valence-electron chi connectivity index (χ3n) is 3.27. The second-order valence-electron chi connectivity index (χ2n) is 4.99. The molecule has 1 saturated heterocycles. The van der Waals surface area contributed by atoms with Gasteiger partial charge in [-0.05, 0) is 64.1 Å². The van der Waals surface area contributed by atoms with Gasteiger partial charge in [0.2, 0.25) is 0 Å². The van der Waals surface area contributed by atoms with Crippen LogP contribution in [0.3, 0.4) is 0 Å². The van der Waals surface area contributed by atoms with Gasteiger partial charge in [0.1, 0.15) is 5.82 Å². The molecule has 1 aliphatic rings. The fraction of sp³-hybridized carbons (Fsp3) is 0. The summed E-state index contributed by atoms with van der Waals surface area (Å²) in [7, 11) is 0. The van der Waals surface area contributed by atoms with E-state index < -0.39 is 17.6 Å². The molecule has 0 bridgehead atoms. The summed E-state index contributed by atoms with van der Waals surface area (Å²) >= 11 is 9.50. The van der Waals surface area contributed by atoms with Crippen molar-refractivity contribution >= 4 is 62.1 Å². The summed E-state index contributed by atoms with van der Waals surface area (Å²) in [5.41, 5.74) is 3.42. The number of carbonyl (C=O) groups is 2. The number of amides is 2. The van der Waals surface area contributed by atoms with Crippen LogP contribution in [-0.4, -0.2) is 21.1 Å². The van der Waals surface area contributed by atoms with Gasteiger partial charge in [0.25, 0.3) is 11.8 Å². The van der Waals surface area contributed by atoms with E-state index in [1.165, 1.54) is 18.2 Å². The number of thioether (sulfide) groups is 1. The Morgan fingerprint density at radius 3 is 2.72 bits per heavy atom. The van der Waals surface area contributed by atoms with Gasteiger partial charge >= 0.3 is 0 Å². The Balaban J connectivity index is 1.80. The molecule has 1 aliphatic heterocycles. The third-order valence-corrected chi connectivity index (χ3v) is 5.27. The fourth-order valence-corrected chi connectivity index (χ4v) is 3.76. The Morgan fingerprint density at radius 2 is 2.00 bits per heavy atom. The normalized spacial score (nSPS) is 15.8. The van der Waals surface area contributed by atoms with Crippen LogP contribution in [0, 0.1) is 5.82 Å². The van der Waals surface area contributed by atoms with E-state index in [0.29, 0.717) is 20.5 Å². The lowest BCUT2D eigenvalue weighted by atomic mass is 10.2. The van der Waals surface area contributed by atoms with Crippen molar-refractivity contribution < 1.29 is 14.0 Å². The van der Waals surface area contributed by atoms with E-state index in [0.717, 1.165) is 16.8 Å². The topological polar surface area (TPSA) is 49.4 Å². The molecule has 2 aromatic rings. The van der Waals surface area contributed by atoms with Gasteiger partial charge in [0.05, 0.1) is 10.5 Å². The molecule has 0 aromatic heterocycles. The van der Waals surface area contributed by atoms with Crippen molar-refractivity contribution in [3.63, 3.8) is 0 Å². The zero-order valence-electron chi connectivity index (χ0n) is 12.5. The predicted octanol–water partition coefficient (Wildman–Crippen LogP) is 4.13. The van der Waals surface area contributed by atoms with Gasteiger partial charge in [-0.15, -0.1) is 0 Å². The zero-order valence-corrected chi connectivity index (χ0v) is 15.8. The number of thiocarbonyl (C=S) groups is 1. The average molecular weight is 437 g/mol. The Labute approximate surface area is 161 Å². The molecular formula is C17H10BrFN2O2S2. The van der Waals surface area contributed by atoms with E-state index in [2.05, 4.69) is 21.4 Å². The molecule has 1 fully saturated rings. The maximum absolute atomic E-state index is 13.3. The van der Waals surface area contributed by atoms with Crippen LogP contribution >= 0.6 is 39.9 Å². The van der Waals surface area contributed by atoms with Crippen LogP contribution < -0.4 is 5.43 Å². The van der Waals surface area contributed by atoms with Gasteiger partial charge in [0, 0.05) is 4.47 Å². The number of rotatable bonds is 3. The third kappa shape index (κ3) is 3.97. The smallest absolute Gasteiger partial charge is 0.267 e. The highest BCUT2D eigenvalue weighted by molar-refractivity contribution is 9.10. The quantitative estimate of drug-likeness (QED) is 0.580. The van der Waals surface area contributed by atoms with Crippen molar-refractivity contribution in [1.29, 1.82) is 0 Å². The summed E-state index contributed by atoms with van der Waals surface area (Å²) in [5, 5.41) is 1.02. The van der Waals surface area contributed by atoms with Crippen LogP contribution in [0.2, 0.25) is 0 Å². The first-order valence-electron chi connectivity index (χ1n) is 7.05. The molecule has 0 radical (unpaired) electrons. The number of halogens is 2. The van der Waals surface area contributed by atoms with Crippen LogP contribution in [0.4, 0.5) is 4.39 Å². The number of nitrogens with one attached hydrogen (secondary N) is 1. The minimum Gasteiger partial charge on any atom is -0.267 e. The summed E-state index contributed by atoms with van der Waals surface area (Å²) in [6, 6.07) is 12.7. The first-order valence-corrected chi connectivity index (χ1v) is 9.06. The van der Waals surface area contributed by atoms with E-state index in [1.54, 1.807) is 36.4 Å². The monoisotopic (exact) mass is 436 g/mol. The summed E-state index contributed by atoms with van der Waals surface area (Å²) in [6.45, 7) is 0. The lowest BCUT2D eigenvalue weighted by Gasteiger charge is -2.16.